The minimum Gasteiger partial charge on any atom is -0.459 e. The van der Waals surface area contributed by atoms with Gasteiger partial charge in [0.15, 0.2) is 0 Å². The third-order valence-corrected chi connectivity index (χ3v) is 12.6. The topological polar surface area (TPSA) is 182 Å². The van der Waals surface area contributed by atoms with Gasteiger partial charge in [-0.25, -0.2) is 9.18 Å². The zero-order chi connectivity index (χ0) is 44.5. The van der Waals surface area contributed by atoms with Crippen LogP contribution in [-0.2, 0) is 27.5 Å². The number of nitro benzene ring substituents is 1. The molecule has 3 N–H and O–H groups in total. The molecule has 1 aliphatic heterocycles. The number of oxime groups is 1. The number of nitrogens with one attached hydrogen (secondary N) is 1. The molecule has 0 bridgehead atoms. The van der Waals surface area contributed by atoms with Crippen molar-refractivity contribution in [2.45, 2.75) is 95.6 Å². The number of allylic oxidation sites excluding steroid dienone is 1. The Morgan fingerprint density at radius 3 is 2.41 bits per heavy atom. The van der Waals surface area contributed by atoms with E-state index in [9.17, 15) is 34.3 Å². The van der Waals surface area contributed by atoms with Gasteiger partial charge in [-0.2, -0.15) is 0 Å². The quantitative estimate of drug-likeness (QED) is 0.0409. The lowest BCUT2D eigenvalue weighted by molar-refractivity contribution is -0.384. The molecule has 15 heteroatoms. The summed E-state index contributed by atoms with van der Waals surface area (Å²) < 4.78 is 34.4. The van der Waals surface area contributed by atoms with Gasteiger partial charge < -0.3 is 39.5 Å². The molecule has 2 fully saturated rings. The van der Waals surface area contributed by atoms with Crippen LogP contribution in [-0.4, -0.2) is 75.9 Å². The lowest BCUT2D eigenvalue weighted by Gasteiger charge is -2.60. The molecule has 1 heterocycles. The summed E-state index contributed by atoms with van der Waals surface area (Å²) in [7, 11) is 0. The van der Waals surface area contributed by atoms with E-state index in [0.717, 1.165) is 43.2 Å². The highest BCUT2D eigenvalue weighted by atomic mass is 19.1. The van der Waals surface area contributed by atoms with Crippen LogP contribution in [0.2, 0.25) is 0 Å². The fraction of sp³-hybridized carbons (Fsp3) is 0.479. The van der Waals surface area contributed by atoms with Crippen molar-refractivity contribution in [3.63, 3.8) is 0 Å². The van der Waals surface area contributed by atoms with E-state index >= 15 is 0 Å². The van der Waals surface area contributed by atoms with Crippen molar-refractivity contribution in [2.75, 3.05) is 26.4 Å². The maximum atomic E-state index is 14.8. The monoisotopic (exact) mass is 868 g/mol. The van der Waals surface area contributed by atoms with Gasteiger partial charge in [0.1, 0.15) is 30.0 Å². The van der Waals surface area contributed by atoms with Gasteiger partial charge in [-0.1, -0.05) is 42.3 Å². The number of fused-ring (bicyclic) bond motifs is 2. The van der Waals surface area contributed by atoms with Crippen LogP contribution in [0.4, 0.5) is 14.9 Å². The van der Waals surface area contributed by atoms with Crippen LogP contribution in [0.15, 0.2) is 96.2 Å². The SMILES string of the molecule is C=CCO[C@@]12Oc3ccc(OC(=O)NCC)cc3[C@H]3[C@H](CCCCO)[C@@H](CCCCO)C=C(C(=NOCc4ccc([N+](=O)[O-])cc4)C[C@@H]1N(Cc1ccc(F)cc1)C(=O)C1CC1)[C@H]32. The van der Waals surface area contributed by atoms with Crippen LogP contribution >= 0.6 is 0 Å². The molecule has 336 valence electrons. The number of non-ortho nitro benzene ring substituents is 1. The predicted octanol–water partition coefficient (Wildman–Crippen LogP) is 8.11. The number of nitro groups is 1. The van der Waals surface area contributed by atoms with E-state index in [0.29, 0.717) is 54.1 Å². The van der Waals surface area contributed by atoms with Gasteiger partial charge in [-0.3, -0.25) is 14.9 Å². The fourth-order valence-corrected chi connectivity index (χ4v) is 9.59. The Hall–Kier alpha value is -5.64. The summed E-state index contributed by atoms with van der Waals surface area (Å²) >= 11 is 0. The molecule has 2 amide bonds. The molecule has 63 heavy (non-hydrogen) atoms. The molecule has 0 radical (unpaired) electrons. The highest BCUT2D eigenvalue weighted by Gasteiger charge is 2.66. The van der Waals surface area contributed by atoms with Gasteiger partial charge in [0.05, 0.1) is 23.2 Å². The lowest BCUT2D eigenvalue weighted by Crippen LogP contribution is -2.70. The first kappa shape index (κ1) is 45.4. The minimum atomic E-state index is -1.52. The number of halogens is 1. The molecule has 0 unspecified atom stereocenters. The number of carbonyl (C=O) groups is 2. The first-order chi connectivity index (χ1) is 30.6. The van der Waals surface area contributed by atoms with Crippen molar-refractivity contribution in [3.05, 3.63) is 124 Å². The lowest BCUT2D eigenvalue weighted by atomic mass is 9.55. The molecule has 3 aromatic rings. The van der Waals surface area contributed by atoms with Gasteiger partial charge in [-0.05, 0) is 116 Å². The van der Waals surface area contributed by atoms with Crippen molar-refractivity contribution in [2.24, 2.45) is 28.8 Å². The van der Waals surface area contributed by atoms with Gasteiger partial charge >= 0.3 is 6.09 Å². The van der Waals surface area contributed by atoms with Crippen LogP contribution in [0.25, 0.3) is 0 Å². The van der Waals surface area contributed by atoms with Crippen molar-refractivity contribution in [3.8, 4) is 11.5 Å². The second-order valence-corrected chi connectivity index (χ2v) is 16.8. The molecule has 3 aliphatic carbocycles. The average Bonchev–Trinajstić information content (AvgIpc) is 4.13. The largest absolute Gasteiger partial charge is 0.459 e. The molecule has 2 saturated carbocycles. The summed E-state index contributed by atoms with van der Waals surface area (Å²) in [6.45, 7) is 6.46. The third kappa shape index (κ3) is 10.3. The summed E-state index contributed by atoms with van der Waals surface area (Å²) in [4.78, 5) is 46.4. The van der Waals surface area contributed by atoms with E-state index in [1.165, 1.54) is 24.3 Å². The van der Waals surface area contributed by atoms with Crippen LogP contribution in [0.3, 0.4) is 0 Å². The maximum Gasteiger partial charge on any atom is 0.412 e. The smallest absolute Gasteiger partial charge is 0.412 e. The highest BCUT2D eigenvalue weighted by molar-refractivity contribution is 6.03. The van der Waals surface area contributed by atoms with Crippen molar-refractivity contribution in [1.29, 1.82) is 0 Å². The van der Waals surface area contributed by atoms with Crippen LogP contribution in [0, 0.1) is 39.6 Å². The standard InChI is InChI=1S/C48H57FN4O10/c1-3-25-60-48-43(52(46(56)33-15-16-33)29-31-11-17-35(49)18-12-31)28-41(51-61-30-32-13-19-36(20-14-32)53(58)59)39-26-34(9-5-7-23-54)38(10-6-8-24-55)44(45(39)48)40-27-37(21-22-42(40)63-48)62-47(57)50-4-2/h3,11-14,17-22,26-27,33-34,38,43-45,54-55H,1,4-10,15-16,23-25,28-30H2,2H3,(H,50,57)/t34-,38+,43-,44+,45+,48+/m0/s1. The minimum absolute atomic E-state index is 0.00944. The Morgan fingerprint density at radius 1 is 1.03 bits per heavy atom. The van der Waals surface area contributed by atoms with Crippen LogP contribution < -0.4 is 14.8 Å². The van der Waals surface area contributed by atoms with E-state index in [1.54, 1.807) is 54.3 Å². The number of carbonyl (C=O) groups excluding carboxylic acids is 2. The van der Waals surface area contributed by atoms with Crippen LogP contribution in [0.1, 0.15) is 87.3 Å². The predicted molar refractivity (Wildman–Crippen MR) is 232 cm³/mol. The first-order valence-electron chi connectivity index (χ1n) is 22.0. The number of hydrogen-bond donors (Lipinski definition) is 3. The number of amides is 2. The van der Waals surface area contributed by atoms with E-state index in [-0.39, 0.29) is 74.7 Å². The van der Waals surface area contributed by atoms with Crippen molar-refractivity contribution < 1.29 is 48.2 Å². The number of aliphatic hydroxyl groups excluding tert-OH is 2. The van der Waals surface area contributed by atoms with Gasteiger partial charge in [0, 0.05) is 62.3 Å². The number of hydrogen-bond acceptors (Lipinski definition) is 11. The van der Waals surface area contributed by atoms with E-state index in [1.807, 2.05) is 6.07 Å². The Labute approximate surface area is 366 Å². The van der Waals surface area contributed by atoms with Crippen LogP contribution in [0.5, 0.6) is 11.5 Å². The molecule has 6 atom stereocenters. The van der Waals surface area contributed by atoms with E-state index < -0.39 is 34.6 Å². The Bertz CT molecular complexity index is 2160. The molecule has 7 rings (SSSR count). The number of nitrogens with zero attached hydrogens (tertiary/aromatic N) is 3. The zero-order valence-electron chi connectivity index (χ0n) is 35.7. The molecular weight excluding hydrogens is 812 g/mol. The van der Waals surface area contributed by atoms with Crippen molar-refractivity contribution in [1.82, 2.24) is 10.2 Å². The Morgan fingerprint density at radius 2 is 1.75 bits per heavy atom. The number of ether oxygens (including phenoxy) is 3. The number of aliphatic hydroxyl groups is 2. The summed E-state index contributed by atoms with van der Waals surface area (Å²) in [5, 5.41) is 38.7. The molecule has 4 aliphatic rings. The Kier molecular flexibility index (Phi) is 14.9. The normalized spacial score (nSPS) is 24.0. The number of benzene rings is 3. The second-order valence-electron chi connectivity index (χ2n) is 16.8. The molecule has 14 nitrogen and oxygen atoms in total. The van der Waals surface area contributed by atoms with Gasteiger partial charge in [-0.15, -0.1) is 6.58 Å². The summed E-state index contributed by atoms with van der Waals surface area (Å²) in [6.07, 6.45) is 8.98. The molecule has 0 spiro atoms. The molecule has 0 aromatic heterocycles. The maximum absolute atomic E-state index is 14.8. The fourth-order valence-electron chi connectivity index (χ4n) is 9.59. The summed E-state index contributed by atoms with van der Waals surface area (Å²) in [6, 6.07) is 16.6. The van der Waals surface area contributed by atoms with E-state index in [4.69, 9.17) is 24.2 Å². The first-order valence-corrected chi connectivity index (χ1v) is 22.0. The van der Waals surface area contributed by atoms with E-state index in [2.05, 4.69) is 18.0 Å². The Balaban J connectivity index is 1.43. The van der Waals surface area contributed by atoms with Crippen molar-refractivity contribution >= 4 is 23.4 Å². The number of rotatable bonds is 21. The summed E-state index contributed by atoms with van der Waals surface area (Å²) in [5.74, 6) is -2.47. The van der Waals surface area contributed by atoms with Gasteiger partial charge in [0.25, 0.3) is 5.69 Å². The molecule has 3 aromatic carbocycles. The molecular formula is C48H57FN4O10. The molecule has 0 saturated heterocycles. The highest BCUT2D eigenvalue weighted by Crippen LogP contribution is 2.62. The summed E-state index contributed by atoms with van der Waals surface area (Å²) in [5.41, 5.74) is 3.51. The van der Waals surface area contributed by atoms with Gasteiger partial charge in [0.2, 0.25) is 11.7 Å². The second kappa shape index (κ2) is 20.7. The number of unbranched alkanes of at least 4 members (excludes halogenated alkanes) is 2. The third-order valence-electron chi connectivity index (χ3n) is 12.6. The zero-order valence-corrected chi connectivity index (χ0v) is 35.7. The average molecular weight is 869 g/mol.